The lowest BCUT2D eigenvalue weighted by Gasteiger charge is -2.08. The highest BCUT2D eigenvalue weighted by atomic mass is 32.1. The zero-order valence-corrected chi connectivity index (χ0v) is 18.6. The minimum absolute atomic E-state index is 0.0582. The van der Waals surface area contributed by atoms with Crippen LogP contribution in [0.2, 0.25) is 0 Å². The van der Waals surface area contributed by atoms with Crippen LogP contribution >= 0.6 is 11.3 Å². The largest absolute Gasteiger partial charge is 0.494 e. The fraction of sp³-hybridized carbons (Fsp3) is 0.240. The van der Waals surface area contributed by atoms with E-state index in [1.165, 1.54) is 27.8 Å². The van der Waals surface area contributed by atoms with Crippen molar-refractivity contribution in [3.8, 4) is 16.9 Å². The van der Waals surface area contributed by atoms with E-state index in [0.717, 1.165) is 11.1 Å². The molecule has 31 heavy (non-hydrogen) atoms. The topological polar surface area (TPSA) is 61.2 Å². The number of benzene rings is 2. The molecule has 0 aliphatic rings. The van der Waals surface area contributed by atoms with Crippen molar-refractivity contribution in [2.45, 2.75) is 33.2 Å². The van der Waals surface area contributed by atoms with Crippen LogP contribution in [-0.4, -0.2) is 21.9 Å². The first kappa shape index (κ1) is 21.0. The summed E-state index contributed by atoms with van der Waals surface area (Å²) in [5.74, 6) is 1.01. The maximum Gasteiger partial charge on any atom is 0.263 e. The molecule has 0 unspecified atom stereocenters. The number of carbonyl (C=O) groups is 1. The first-order valence-electron chi connectivity index (χ1n) is 10.3. The van der Waals surface area contributed by atoms with Gasteiger partial charge in [0.25, 0.3) is 5.56 Å². The number of Topliss-reactive ketones (excluding diaryl/α,β-unsaturated/α-hetero) is 1. The van der Waals surface area contributed by atoms with Gasteiger partial charge in [0.1, 0.15) is 10.6 Å². The number of aromatic nitrogens is 2. The molecule has 0 saturated carbocycles. The zero-order valence-electron chi connectivity index (χ0n) is 17.8. The van der Waals surface area contributed by atoms with E-state index >= 15 is 0 Å². The van der Waals surface area contributed by atoms with Crippen molar-refractivity contribution in [2.75, 3.05) is 6.61 Å². The third-order valence-electron chi connectivity index (χ3n) is 5.25. The van der Waals surface area contributed by atoms with E-state index in [1.807, 2.05) is 24.4 Å². The molecule has 158 valence electrons. The molecule has 4 rings (SSSR count). The summed E-state index contributed by atoms with van der Waals surface area (Å²) in [7, 11) is 0. The molecule has 6 heteroatoms. The monoisotopic (exact) mass is 432 g/mol. The summed E-state index contributed by atoms with van der Waals surface area (Å²) in [4.78, 5) is 31.1. The van der Waals surface area contributed by atoms with Crippen molar-refractivity contribution >= 4 is 27.3 Å². The summed E-state index contributed by atoms with van der Waals surface area (Å²) in [6.45, 7) is 6.72. The summed E-state index contributed by atoms with van der Waals surface area (Å²) in [5, 5.41) is 2.52. The molecule has 0 amide bonds. The summed E-state index contributed by atoms with van der Waals surface area (Å²) >= 11 is 1.44. The molecule has 4 aromatic rings. The van der Waals surface area contributed by atoms with Gasteiger partial charge in [-0.2, -0.15) is 0 Å². The van der Waals surface area contributed by atoms with Crippen LogP contribution in [0.15, 0.2) is 65.0 Å². The van der Waals surface area contributed by atoms with Gasteiger partial charge in [0, 0.05) is 16.5 Å². The van der Waals surface area contributed by atoms with E-state index in [4.69, 9.17) is 4.74 Å². The molecule has 0 bridgehead atoms. The molecule has 0 aliphatic heterocycles. The van der Waals surface area contributed by atoms with Gasteiger partial charge in [-0.05, 0) is 48.2 Å². The second-order valence-corrected chi connectivity index (χ2v) is 8.52. The third-order valence-corrected chi connectivity index (χ3v) is 6.14. The molecule has 0 saturated heterocycles. The second kappa shape index (κ2) is 8.86. The quantitative estimate of drug-likeness (QED) is 0.360. The van der Waals surface area contributed by atoms with Gasteiger partial charge in [-0.15, -0.1) is 11.3 Å². The highest BCUT2D eigenvalue weighted by Gasteiger charge is 2.16. The van der Waals surface area contributed by atoms with Crippen molar-refractivity contribution in [1.82, 2.24) is 9.55 Å². The van der Waals surface area contributed by atoms with Crippen LogP contribution in [-0.2, 0) is 6.54 Å². The highest BCUT2D eigenvalue weighted by molar-refractivity contribution is 7.17. The lowest BCUT2D eigenvalue weighted by atomic mass is 9.99. The number of ether oxygens (including phenoxy) is 1. The average molecular weight is 433 g/mol. The number of ketones is 1. The van der Waals surface area contributed by atoms with Gasteiger partial charge in [-0.25, -0.2) is 4.98 Å². The minimum atomic E-state index is -0.200. The van der Waals surface area contributed by atoms with Crippen LogP contribution in [0.4, 0.5) is 0 Å². The number of thiophene rings is 1. The van der Waals surface area contributed by atoms with E-state index in [1.54, 1.807) is 24.3 Å². The van der Waals surface area contributed by atoms with Gasteiger partial charge in [-0.3, -0.25) is 14.2 Å². The number of fused-ring (bicyclic) bond motifs is 1. The highest BCUT2D eigenvalue weighted by Crippen LogP contribution is 2.31. The molecule has 2 aromatic heterocycles. The van der Waals surface area contributed by atoms with Crippen LogP contribution in [0, 0.1) is 0 Å². The van der Waals surface area contributed by atoms with Gasteiger partial charge >= 0.3 is 0 Å². The Hall–Kier alpha value is -3.25. The van der Waals surface area contributed by atoms with E-state index in [9.17, 15) is 9.59 Å². The number of hydrogen-bond donors (Lipinski definition) is 0. The first-order valence-corrected chi connectivity index (χ1v) is 11.2. The fourth-order valence-electron chi connectivity index (χ4n) is 3.49. The Morgan fingerprint density at radius 2 is 1.81 bits per heavy atom. The predicted octanol–water partition coefficient (Wildman–Crippen LogP) is 5.53. The Labute approximate surface area is 185 Å². The maximum absolute atomic E-state index is 13.2. The van der Waals surface area contributed by atoms with Crippen molar-refractivity contribution < 1.29 is 9.53 Å². The molecular weight excluding hydrogens is 408 g/mol. The number of hydrogen-bond acceptors (Lipinski definition) is 5. The zero-order chi connectivity index (χ0) is 22.0. The van der Waals surface area contributed by atoms with E-state index in [2.05, 4.69) is 31.0 Å². The average Bonchev–Trinajstić information content (AvgIpc) is 3.21. The SMILES string of the molecule is CCOc1ccc(C(=O)Cn2cnc3scc(-c4ccc(C(C)C)cc4)c3c2=O)cc1. The number of carbonyl (C=O) groups excluding carboxylic acids is 1. The Kier molecular flexibility index (Phi) is 6.00. The maximum atomic E-state index is 13.2. The van der Waals surface area contributed by atoms with Crippen molar-refractivity contribution in [1.29, 1.82) is 0 Å². The Bertz CT molecular complexity index is 1270. The Morgan fingerprint density at radius 1 is 1.10 bits per heavy atom. The summed E-state index contributed by atoms with van der Waals surface area (Å²) in [5.41, 5.74) is 3.42. The van der Waals surface area contributed by atoms with Gasteiger partial charge in [0.15, 0.2) is 5.78 Å². The molecule has 0 spiro atoms. The molecule has 0 N–H and O–H groups in total. The molecular formula is C25H24N2O3S. The summed E-state index contributed by atoms with van der Waals surface area (Å²) < 4.78 is 6.81. The van der Waals surface area contributed by atoms with Gasteiger partial charge in [0.05, 0.1) is 24.9 Å². The van der Waals surface area contributed by atoms with Gasteiger partial charge in [-0.1, -0.05) is 38.1 Å². The third kappa shape index (κ3) is 4.30. The molecule has 0 fully saturated rings. The molecule has 0 aliphatic carbocycles. The van der Waals surface area contributed by atoms with Crippen LogP contribution < -0.4 is 10.3 Å². The van der Waals surface area contributed by atoms with Crippen LogP contribution in [0.1, 0.15) is 42.6 Å². The Morgan fingerprint density at radius 3 is 2.45 bits per heavy atom. The summed E-state index contributed by atoms with van der Waals surface area (Å²) in [6.07, 6.45) is 1.46. The first-order chi connectivity index (χ1) is 15.0. The fourth-order valence-corrected chi connectivity index (χ4v) is 4.40. The van der Waals surface area contributed by atoms with Gasteiger partial charge < -0.3 is 4.74 Å². The second-order valence-electron chi connectivity index (χ2n) is 7.66. The molecule has 5 nitrogen and oxygen atoms in total. The lowest BCUT2D eigenvalue weighted by Crippen LogP contribution is -2.24. The van der Waals surface area contributed by atoms with E-state index in [0.29, 0.717) is 34.1 Å². The van der Waals surface area contributed by atoms with Crippen molar-refractivity contribution in [3.63, 3.8) is 0 Å². The van der Waals surface area contributed by atoms with E-state index in [-0.39, 0.29) is 17.9 Å². The van der Waals surface area contributed by atoms with Crippen molar-refractivity contribution in [2.24, 2.45) is 0 Å². The number of rotatable bonds is 7. The molecule has 2 heterocycles. The van der Waals surface area contributed by atoms with Crippen LogP contribution in [0.5, 0.6) is 5.75 Å². The number of nitrogens with zero attached hydrogens (tertiary/aromatic N) is 2. The molecule has 0 atom stereocenters. The van der Waals surface area contributed by atoms with E-state index < -0.39 is 0 Å². The molecule has 2 aromatic carbocycles. The normalized spacial score (nSPS) is 11.2. The minimum Gasteiger partial charge on any atom is -0.494 e. The lowest BCUT2D eigenvalue weighted by molar-refractivity contribution is 0.0970. The van der Waals surface area contributed by atoms with Crippen LogP contribution in [0.25, 0.3) is 21.3 Å². The Balaban J connectivity index is 1.65. The summed E-state index contributed by atoms with van der Waals surface area (Å²) in [6, 6.07) is 15.2. The van der Waals surface area contributed by atoms with Gasteiger partial charge in [0.2, 0.25) is 0 Å². The molecule has 0 radical (unpaired) electrons. The van der Waals surface area contributed by atoms with Crippen molar-refractivity contribution in [3.05, 3.63) is 81.7 Å². The standard InChI is InChI=1S/C25H24N2O3S/c1-4-30-20-11-9-19(10-12-20)22(28)13-27-15-26-24-23(25(27)29)21(14-31-24)18-7-5-17(6-8-18)16(2)3/h5-12,14-16H,4,13H2,1-3H3. The predicted molar refractivity (Wildman–Crippen MR) is 125 cm³/mol. The van der Waals surface area contributed by atoms with Crippen LogP contribution in [0.3, 0.4) is 0 Å². The smallest absolute Gasteiger partial charge is 0.263 e.